The van der Waals surface area contributed by atoms with Gasteiger partial charge in [0.15, 0.2) is 0 Å². The molecule has 3 heterocycles. The number of allylic oxidation sites excluding steroid dienone is 1. The van der Waals surface area contributed by atoms with Gasteiger partial charge in [0, 0.05) is 11.8 Å². The number of hydrogen-bond acceptors (Lipinski definition) is 8. The average Bonchev–Trinajstić information content (AvgIpc) is 3.23. The van der Waals surface area contributed by atoms with Crippen LogP contribution in [-0.4, -0.2) is 37.8 Å². The number of carbonyl (C=O) groups is 1. The molecule has 1 aliphatic heterocycles. The van der Waals surface area contributed by atoms with E-state index >= 15 is 0 Å². The molecule has 3 aromatic rings. The van der Waals surface area contributed by atoms with Gasteiger partial charge in [0.2, 0.25) is 11.7 Å². The lowest BCUT2D eigenvalue weighted by Gasteiger charge is -2.16. The number of aliphatic imine (C=N–C) groups is 2. The Hall–Kier alpha value is -4.07. The fraction of sp³-hybridized carbons (Fsp3) is 0.0952. The van der Waals surface area contributed by atoms with Gasteiger partial charge < -0.3 is 5.32 Å². The molecular formula is C21H15N7O. The molecule has 0 radical (unpaired) electrons. The van der Waals surface area contributed by atoms with Gasteiger partial charge in [0.1, 0.15) is 29.8 Å². The number of Topliss-reactive ketones (excluding diaryl/α,β-unsaturated/α-hetero) is 1. The van der Waals surface area contributed by atoms with Gasteiger partial charge >= 0.3 is 0 Å². The zero-order valence-electron chi connectivity index (χ0n) is 15.4. The zero-order chi connectivity index (χ0) is 19.8. The topological polar surface area (TPSA) is 105 Å². The van der Waals surface area contributed by atoms with Crippen molar-refractivity contribution in [1.29, 1.82) is 0 Å². The first-order chi connectivity index (χ1) is 14.2. The van der Waals surface area contributed by atoms with E-state index in [0.29, 0.717) is 40.0 Å². The minimum Gasteiger partial charge on any atom is -0.348 e. The molecular weight excluding hydrogens is 366 g/mol. The highest BCUT2D eigenvalue weighted by Crippen LogP contribution is 2.30. The highest BCUT2D eigenvalue weighted by Gasteiger charge is 2.31. The number of aromatic nitrogens is 4. The molecule has 0 bridgehead atoms. The second-order valence-corrected chi connectivity index (χ2v) is 6.61. The quantitative estimate of drug-likeness (QED) is 0.744. The lowest BCUT2D eigenvalue weighted by molar-refractivity contribution is 0.106. The summed E-state index contributed by atoms with van der Waals surface area (Å²) in [5, 5.41) is 3.30. The summed E-state index contributed by atoms with van der Waals surface area (Å²) in [5.74, 6) is 0.214. The van der Waals surface area contributed by atoms with Crippen molar-refractivity contribution in [2.75, 3.05) is 5.32 Å². The summed E-state index contributed by atoms with van der Waals surface area (Å²) in [4.78, 5) is 38.3. The van der Waals surface area contributed by atoms with Crippen LogP contribution >= 0.6 is 0 Å². The number of nitrogens with one attached hydrogen (secondary N) is 1. The number of nitrogens with zero attached hydrogens (tertiary/aromatic N) is 6. The van der Waals surface area contributed by atoms with E-state index in [9.17, 15) is 4.79 Å². The largest absolute Gasteiger partial charge is 0.348 e. The van der Waals surface area contributed by atoms with Gasteiger partial charge in [-0.1, -0.05) is 30.3 Å². The summed E-state index contributed by atoms with van der Waals surface area (Å²) in [5.41, 5.74) is 3.98. The second-order valence-electron chi connectivity index (χ2n) is 6.61. The van der Waals surface area contributed by atoms with Crippen LogP contribution in [0.2, 0.25) is 0 Å². The highest BCUT2D eigenvalue weighted by atomic mass is 16.1. The van der Waals surface area contributed by atoms with Gasteiger partial charge in [-0.05, 0) is 24.6 Å². The van der Waals surface area contributed by atoms with Crippen LogP contribution in [0.25, 0.3) is 17.5 Å². The summed E-state index contributed by atoms with van der Waals surface area (Å²) in [6.07, 6.45) is 6.17. The van der Waals surface area contributed by atoms with Crippen LogP contribution in [0.3, 0.4) is 0 Å². The molecule has 29 heavy (non-hydrogen) atoms. The number of rotatable bonds is 4. The molecule has 1 N–H and O–H groups in total. The summed E-state index contributed by atoms with van der Waals surface area (Å²) in [7, 11) is 0. The Bertz CT molecular complexity index is 1210. The lowest BCUT2D eigenvalue weighted by atomic mass is 9.95. The number of carbonyl (C=O) groups excluding carboxylic acids is 1. The summed E-state index contributed by atoms with van der Waals surface area (Å²) in [6.45, 7) is 2.04. The van der Waals surface area contributed by atoms with Gasteiger partial charge in [0.05, 0.1) is 17.4 Å². The minimum absolute atomic E-state index is 0.0288. The number of benzene rings is 1. The molecule has 0 saturated carbocycles. The van der Waals surface area contributed by atoms with Crippen LogP contribution in [0.15, 0.2) is 64.6 Å². The number of hydrogen-bond donors (Lipinski definition) is 1. The van der Waals surface area contributed by atoms with Crippen molar-refractivity contribution >= 4 is 29.9 Å². The van der Waals surface area contributed by atoms with E-state index in [-0.39, 0.29) is 11.8 Å². The normalized spacial score (nSPS) is 15.3. The molecule has 2 aliphatic rings. The van der Waals surface area contributed by atoms with E-state index in [4.69, 9.17) is 0 Å². The molecule has 0 fully saturated rings. The van der Waals surface area contributed by atoms with Crippen LogP contribution < -0.4 is 5.32 Å². The number of anilines is 1. The first-order valence-corrected chi connectivity index (χ1v) is 9.08. The van der Waals surface area contributed by atoms with Crippen molar-refractivity contribution < 1.29 is 4.79 Å². The monoisotopic (exact) mass is 381 g/mol. The second kappa shape index (κ2) is 6.83. The Kier molecular flexibility index (Phi) is 4.02. The molecule has 140 valence electrons. The number of fused-ring (bicyclic) bond motifs is 2. The van der Waals surface area contributed by atoms with E-state index < -0.39 is 0 Å². The molecule has 1 aromatic carbocycles. The maximum atomic E-state index is 12.7. The Balaban J connectivity index is 1.52. The molecule has 0 amide bonds. The number of ketones is 1. The molecule has 1 aliphatic carbocycles. The van der Waals surface area contributed by atoms with Crippen molar-refractivity contribution in [1.82, 2.24) is 19.9 Å². The fourth-order valence-electron chi connectivity index (χ4n) is 3.30. The maximum absolute atomic E-state index is 12.7. The van der Waals surface area contributed by atoms with Crippen LogP contribution in [0.4, 0.5) is 5.95 Å². The predicted molar refractivity (Wildman–Crippen MR) is 110 cm³/mol. The molecule has 8 nitrogen and oxygen atoms in total. The van der Waals surface area contributed by atoms with Crippen LogP contribution in [0.1, 0.15) is 34.6 Å². The average molecular weight is 381 g/mol. The Morgan fingerprint density at radius 1 is 1.00 bits per heavy atom. The summed E-state index contributed by atoms with van der Waals surface area (Å²) < 4.78 is 0. The zero-order valence-corrected chi connectivity index (χ0v) is 15.4. The van der Waals surface area contributed by atoms with E-state index in [0.717, 1.165) is 5.56 Å². The van der Waals surface area contributed by atoms with Gasteiger partial charge in [0.25, 0.3) is 0 Å². The molecule has 1 atom stereocenters. The van der Waals surface area contributed by atoms with Crippen LogP contribution in [0.5, 0.6) is 0 Å². The molecule has 0 saturated heterocycles. The Morgan fingerprint density at radius 2 is 1.83 bits per heavy atom. The van der Waals surface area contributed by atoms with Crippen LogP contribution in [-0.2, 0) is 0 Å². The standard InChI is InChI=1S/C21H15N7O/c1-12(13-5-3-2-4-6-13)27-21-22-8-7-15(28-21)17-14-9-16-19(26-10-23-16)20(29)18(14)25-11-24-17/h2-12H,1H3,(H,22,27,28)/t12-/m0/s1. The smallest absolute Gasteiger partial charge is 0.232 e. The predicted octanol–water partition coefficient (Wildman–Crippen LogP) is 3.13. The molecule has 8 heteroatoms. The minimum atomic E-state index is -0.260. The Labute approximate surface area is 166 Å². The van der Waals surface area contributed by atoms with E-state index in [1.165, 1.54) is 12.7 Å². The fourth-order valence-corrected chi connectivity index (χ4v) is 3.30. The molecule has 0 unspecified atom stereocenters. The van der Waals surface area contributed by atoms with Crippen molar-refractivity contribution in [2.45, 2.75) is 13.0 Å². The Morgan fingerprint density at radius 3 is 2.69 bits per heavy atom. The van der Waals surface area contributed by atoms with Crippen molar-refractivity contribution in [3.05, 3.63) is 71.4 Å². The van der Waals surface area contributed by atoms with Gasteiger partial charge in [-0.25, -0.2) is 29.9 Å². The van der Waals surface area contributed by atoms with Gasteiger partial charge in [-0.3, -0.25) is 4.79 Å². The van der Waals surface area contributed by atoms with E-state index in [1.807, 2.05) is 37.3 Å². The molecule has 5 rings (SSSR count). The van der Waals surface area contributed by atoms with Crippen molar-refractivity contribution in [2.24, 2.45) is 9.98 Å². The summed E-state index contributed by atoms with van der Waals surface area (Å²) >= 11 is 0. The van der Waals surface area contributed by atoms with Gasteiger partial charge in [-0.2, -0.15) is 0 Å². The summed E-state index contributed by atoms with van der Waals surface area (Å²) in [6, 6.07) is 11.8. The maximum Gasteiger partial charge on any atom is 0.232 e. The molecule has 2 aromatic heterocycles. The van der Waals surface area contributed by atoms with E-state index in [2.05, 4.69) is 35.2 Å². The third kappa shape index (κ3) is 3.00. The lowest BCUT2D eigenvalue weighted by Crippen LogP contribution is -2.21. The van der Waals surface area contributed by atoms with Crippen molar-refractivity contribution in [3.8, 4) is 11.4 Å². The third-order valence-corrected chi connectivity index (χ3v) is 4.76. The SMILES string of the molecule is C[C@H](Nc1nccc(-c2ncnc3c2C=C2N=CN=C2C3=O)n1)c1ccccc1. The van der Waals surface area contributed by atoms with E-state index in [1.54, 1.807) is 18.3 Å². The van der Waals surface area contributed by atoms with Crippen LogP contribution in [0, 0.1) is 0 Å². The highest BCUT2D eigenvalue weighted by molar-refractivity contribution is 6.55. The first kappa shape index (κ1) is 17.1. The van der Waals surface area contributed by atoms with Gasteiger partial charge in [-0.15, -0.1) is 0 Å². The first-order valence-electron chi connectivity index (χ1n) is 9.08. The third-order valence-electron chi connectivity index (χ3n) is 4.76. The molecule has 0 spiro atoms. The van der Waals surface area contributed by atoms with Crippen molar-refractivity contribution in [3.63, 3.8) is 0 Å².